The molecule has 104 valence electrons. The highest BCUT2D eigenvalue weighted by Gasteiger charge is 2.16. The molecule has 1 atom stereocenters. The molecule has 1 aliphatic rings. The number of hydrogen-bond acceptors (Lipinski definition) is 2. The van der Waals surface area contributed by atoms with E-state index in [0.29, 0.717) is 12.5 Å². The third-order valence-corrected chi connectivity index (χ3v) is 3.71. The topological polar surface area (TPSA) is 32.3 Å². The predicted octanol–water partition coefficient (Wildman–Crippen LogP) is 2.71. The van der Waals surface area contributed by atoms with Crippen LogP contribution >= 0.6 is 0 Å². The Balaban J connectivity index is 1.83. The highest BCUT2D eigenvalue weighted by Crippen LogP contribution is 2.16. The molecule has 1 unspecified atom stereocenters. The van der Waals surface area contributed by atoms with Gasteiger partial charge in [-0.2, -0.15) is 0 Å². The quantitative estimate of drug-likeness (QED) is 0.907. The molecular weight excluding hydrogens is 243 g/mol. The zero-order chi connectivity index (χ0) is 13.7. The highest BCUT2D eigenvalue weighted by atomic mass is 19.1. The minimum atomic E-state index is -0.281. The summed E-state index contributed by atoms with van der Waals surface area (Å²) in [5, 5.41) is 3.44. The van der Waals surface area contributed by atoms with Gasteiger partial charge in [0, 0.05) is 25.2 Å². The number of halogens is 1. The summed E-state index contributed by atoms with van der Waals surface area (Å²) in [4.78, 5) is 13.7. The smallest absolute Gasteiger partial charge is 0.226 e. The maximum Gasteiger partial charge on any atom is 0.226 e. The van der Waals surface area contributed by atoms with E-state index < -0.39 is 0 Å². The van der Waals surface area contributed by atoms with Crippen LogP contribution in [0.15, 0.2) is 24.3 Å². The lowest BCUT2D eigenvalue weighted by Crippen LogP contribution is -2.35. The first-order chi connectivity index (χ1) is 9.16. The van der Waals surface area contributed by atoms with E-state index in [2.05, 4.69) is 5.32 Å². The Hall–Kier alpha value is -1.42. The number of rotatable bonds is 4. The third-order valence-electron chi connectivity index (χ3n) is 3.71. The van der Waals surface area contributed by atoms with Crippen molar-refractivity contribution in [2.45, 2.75) is 38.1 Å². The number of nitrogens with one attached hydrogen (secondary N) is 1. The molecule has 0 radical (unpaired) electrons. The third kappa shape index (κ3) is 4.03. The monoisotopic (exact) mass is 264 g/mol. The fraction of sp³-hybridized carbons (Fsp3) is 0.533. The Kier molecular flexibility index (Phi) is 4.91. The van der Waals surface area contributed by atoms with Crippen LogP contribution in [-0.4, -0.2) is 25.5 Å². The summed E-state index contributed by atoms with van der Waals surface area (Å²) in [7, 11) is 1.74. The molecule has 1 aromatic carbocycles. The minimum Gasteiger partial charge on any atom is -0.316 e. The fourth-order valence-electron chi connectivity index (χ4n) is 2.44. The molecule has 1 aromatic rings. The van der Waals surface area contributed by atoms with E-state index in [1.54, 1.807) is 24.1 Å². The van der Waals surface area contributed by atoms with Crippen molar-refractivity contribution in [3.8, 4) is 0 Å². The second kappa shape index (κ2) is 6.66. The van der Waals surface area contributed by atoms with Crippen LogP contribution in [0.1, 0.15) is 32.1 Å². The van der Waals surface area contributed by atoms with Crippen LogP contribution in [0.4, 0.5) is 10.1 Å². The fourth-order valence-corrected chi connectivity index (χ4v) is 2.44. The second-order valence-corrected chi connectivity index (χ2v) is 5.11. The van der Waals surface area contributed by atoms with Gasteiger partial charge in [-0.25, -0.2) is 4.39 Å². The average molecular weight is 264 g/mol. The highest BCUT2D eigenvalue weighted by molar-refractivity contribution is 5.92. The average Bonchev–Trinajstić information content (AvgIpc) is 2.46. The zero-order valence-corrected chi connectivity index (χ0v) is 11.4. The molecule has 0 spiro atoms. The Morgan fingerprint density at radius 3 is 2.74 bits per heavy atom. The summed E-state index contributed by atoms with van der Waals surface area (Å²) in [6.45, 7) is 1.06. The van der Waals surface area contributed by atoms with Gasteiger partial charge >= 0.3 is 0 Å². The first-order valence-corrected chi connectivity index (χ1v) is 6.92. The first-order valence-electron chi connectivity index (χ1n) is 6.92. The van der Waals surface area contributed by atoms with Crippen LogP contribution in [0.5, 0.6) is 0 Å². The van der Waals surface area contributed by atoms with E-state index in [-0.39, 0.29) is 11.7 Å². The SMILES string of the molecule is CN(C(=O)CCC1CCCCN1)c1ccc(F)cc1. The number of carbonyl (C=O) groups is 1. The van der Waals surface area contributed by atoms with Gasteiger partial charge in [0.2, 0.25) is 5.91 Å². The largest absolute Gasteiger partial charge is 0.316 e. The summed E-state index contributed by atoms with van der Waals surface area (Å²) < 4.78 is 12.8. The lowest BCUT2D eigenvalue weighted by atomic mass is 10.0. The zero-order valence-electron chi connectivity index (χ0n) is 11.4. The molecule has 1 N–H and O–H groups in total. The van der Waals surface area contributed by atoms with Crippen LogP contribution in [0.2, 0.25) is 0 Å². The number of nitrogens with zero attached hydrogens (tertiary/aromatic N) is 1. The molecule has 1 saturated heterocycles. The predicted molar refractivity (Wildman–Crippen MR) is 74.7 cm³/mol. The lowest BCUT2D eigenvalue weighted by molar-refractivity contribution is -0.118. The summed E-state index contributed by atoms with van der Waals surface area (Å²) in [6.07, 6.45) is 5.06. The van der Waals surface area contributed by atoms with Crippen molar-refractivity contribution in [2.24, 2.45) is 0 Å². The molecule has 1 heterocycles. The van der Waals surface area contributed by atoms with Gasteiger partial charge in [-0.15, -0.1) is 0 Å². The number of benzene rings is 1. The van der Waals surface area contributed by atoms with Gasteiger partial charge in [0.25, 0.3) is 0 Å². The Morgan fingerprint density at radius 1 is 1.37 bits per heavy atom. The van der Waals surface area contributed by atoms with Gasteiger partial charge in [-0.3, -0.25) is 4.79 Å². The number of anilines is 1. The van der Waals surface area contributed by atoms with E-state index in [4.69, 9.17) is 0 Å². The number of hydrogen-bond donors (Lipinski definition) is 1. The molecule has 0 aliphatic carbocycles. The van der Waals surface area contributed by atoms with Gasteiger partial charge < -0.3 is 10.2 Å². The molecule has 1 aliphatic heterocycles. The molecule has 3 nitrogen and oxygen atoms in total. The minimum absolute atomic E-state index is 0.0824. The molecule has 0 saturated carbocycles. The molecule has 1 amide bonds. The van der Waals surface area contributed by atoms with Gasteiger partial charge in [-0.05, 0) is 50.1 Å². The second-order valence-electron chi connectivity index (χ2n) is 5.11. The van der Waals surface area contributed by atoms with Crippen molar-refractivity contribution in [1.29, 1.82) is 0 Å². The molecule has 1 fully saturated rings. The van der Waals surface area contributed by atoms with Gasteiger partial charge in [0.1, 0.15) is 5.82 Å². The van der Waals surface area contributed by atoms with Crippen LogP contribution in [-0.2, 0) is 4.79 Å². The Morgan fingerprint density at radius 2 is 2.11 bits per heavy atom. The Bertz CT molecular complexity index is 413. The molecular formula is C15H21FN2O. The van der Waals surface area contributed by atoms with E-state index in [0.717, 1.165) is 25.1 Å². The van der Waals surface area contributed by atoms with Crippen molar-refractivity contribution >= 4 is 11.6 Å². The van der Waals surface area contributed by atoms with Gasteiger partial charge in [-0.1, -0.05) is 6.42 Å². The van der Waals surface area contributed by atoms with E-state index >= 15 is 0 Å². The van der Waals surface area contributed by atoms with E-state index in [1.165, 1.54) is 25.0 Å². The number of carbonyl (C=O) groups excluding carboxylic acids is 1. The normalized spacial score (nSPS) is 19.2. The van der Waals surface area contributed by atoms with Crippen LogP contribution in [0, 0.1) is 5.82 Å². The van der Waals surface area contributed by atoms with Crippen LogP contribution in [0.3, 0.4) is 0 Å². The van der Waals surface area contributed by atoms with Crippen LogP contribution < -0.4 is 10.2 Å². The lowest BCUT2D eigenvalue weighted by Gasteiger charge is -2.24. The summed E-state index contributed by atoms with van der Waals surface area (Å²) >= 11 is 0. The molecule has 4 heteroatoms. The van der Waals surface area contributed by atoms with Crippen molar-refractivity contribution in [3.05, 3.63) is 30.1 Å². The van der Waals surface area contributed by atoms with E-state index in [1.807, 2.05) is 0 Å². The van der Waals surface area contributed by atoms with Crippen molar-refractivity contribution in [1.82, 2.24) is 5.32 Å². The van der Waals surface area contributed by atoms with E-state index in [9.17, 15) is 9.18 Å². The van der Waals surface area contributed by atoms with Gasteiger partial charge in [0.15, 0.2) is 0 Å². The van der Waals surface area contributed by atoms with Crippen LogP contribution in [0.25, 0.3) is 0 Å². The van der Waals surface area contributed by atoms with Crippen molar-refractivity contribution < 1.29 is 9.18 Å². The number of amides is 1. The maximum absolute atomic E-state index is 12.8. The number of piperidine rings is 1. The molecule has 19 heavy (non-hydrogen) atoms. The summed E-state index contributed by atoms with van der Waals surface area (Å²) in [5.74, 6) is -0.199. The molecule has 0 aromatic heterocycles. The summed E-state index contributed by atoms with van der Waals surface area (Å²) in [5.41, 5.74) is 0.739. The first kappa shape index (κ1) is 14.0. The molecule has 0 bridgehead atoms. The Labute approximate surface area is 113 Å². The summed E-state index contributed by atoms with van der Waals surface area (Å²) in [6, 6.07) is 6.49. The maximum atomic E-state index is 12.8. The van der Waals surface area contributed by atoms with Crippen molar-refractivity contribution in [2.75, 3.05) is 18.5 Å². The van der Waals surface area contributed by atoms with Crippen molar-refractivity contribution in [3.63, 3.8) is 0 Å². The molecule has 2 rings (SSSR count). The van der Waals surface area contributed by atoms with Gasteiger partial charge in [0.05, 0.1) is 0 Å². The standard InChI is InChI=1S/C15H21FN2O/c1-18(14-8-5-12(16)6-9-14)15(19)10-7-13-4-2-3-11-17-13/h5-6,8-9,13,17H,2-4,7,10-11H2,1H3.